The molecule has 1 aliphatic carbocycles. The summed E-state index contributed by atoms with van der Waals surface area (Å²) in [5.74, 6) is 1.69. The average Bonchev–Trinajstić information content (AvgIpc) is 3.81. The number of hydrogen-bond acceptors (Lipinski definition) is 3. The Morgan fingerprint density at radius 2 is 1.75 bits per heavy atom. The van der Waals surface area contributed by atoms with Crippen molar-refractivity contribution < 1.29 is 24.5 Å². The van der Waals surface area contributed by atoms with Crippen LogP contribution in [0.25, 0.3) is 61.7 Å². The summed E-state index contributed by atoms with van der Waals surface area (Å²) >= 11 is 0. The normalized spacial score (nSPS) is 14.1. The molecule has 4 aromatic carbocycles. The summed E-state index contributed by atoms with van der Waals surface area (Å²) in [6, 6.07) is 35.6. The van der Waals surface area contributed by atoms with Crippen LogP contribution in [0.15, 0.2) is 102 Å². The third kappa shape index (κ3) is 5.11. The number of allylic oxidation sites excluding steroid dienone is 1. The Balaban J connectivity index is 0.000000142. The molecule has 2 aliphatic rings. The van der Waals surface area contributed by atoms with Crippen molar-refractivity contribution >= 4 is 39.0 Å². The number of pyridine rings is 1. The number of hydrogen-bond donors (Lipinski definition) is 0. The molecule has 4 heterocycles. The van der Waals surface area contributed by atoms with Crippen LogP contribution >= 0.6 is 0 Å². The third-order valence-corrected chi connectivity index (χ3v) is 8.76. The van der Waals surface area contributed by atoms with E-state index in [-0.39, 0.29) is 20.1 Å². The van der Waals surface area contributed by atoms with Crippen LogP contribution in [0.3, 0.4) is 0 Å². The molecule has 3 aromatic heterocycles. The van der Waals surface area contributed by atoms with Crippen molar-refractivity contribution in [3.05, 3.63) is 126 Å². The average molecular weight is 750 g/mol. The molecule has 0 N–H and O–H groups in total. The number of nitrogens with zero attached hydrogens (tertiary/aromatic N) is 3. The predicted molar refractivity (Wildman–Crippen MR) is 175 cm³/mol. The standard InChI is InChI=1S/C22H18NO.C17H13N2.Ir/c1-2-7-15(6-1)16-12-13-23-20(14-16)19-10-5-9-18-17-8-3-4-11-21(17)24-22(18)19;1-12-10-14-8-5-9-19-16(14)15(11-12)18-17(19)13-6-3-2-4-7-13;/h3-5,8-9,11-15H,1-2,6-7H2;2-6,8,10-11H,9H2,1H3;/q2*-1;. The van der Waals surface area contributed by atoms with Crippen molar-refractivity contribution in [2.75, 3.05) is 0 Å². The molecule has 0 saturated heterocycles. The largest absolute Gasteiger partial charge is 0.501 e. The molecule has 1 saturated carbocycles. The molecule has 5 heteroatoms. The second-order valence-corrected chi connectivity index (χ2v) is 11.6. The van der Waals surface area contributed by atoms with Crippen LogP contribution in [0.2, 0.25) is 0 Å². The van der Waals surface area contributed by atoms with Crippen LogP contribution in [0.4, 0.5) is 0 Å². The number of aromatic nitrogens is 3. The molecule has 0 bridgehead atoms. The molecule has 0 amide bonds. The van der Waals surface area contributed by atoms with E-state index in [1.54, 1.807) is 0 Å². The van der Waals surface area contributed by atoms with Gasteiger partial charge in [-0.15, -0.1) is 54.1 Å². The SMILES string of the molecule is Cc1cc2c3c(c1)nc(-c1[c-]cccc1)n3CC=C2.[Ir].[c-]1ccc2c(oc3ccccc32)c1-c1cc(C2CCCC2)ccn1. The second-order valence-electron chi connectivity index (χ2n) is 11.6. The van der Waals surface area contributed by atoms with Gasteiger partial charge in [-0.2, -0.15) is 0 Å². The Morgan fingerprint density at radius 3 is 2.61 bits per heavy atom. The molecule has 0 atom stereocenters. The number of rotatable bonds is 3. The Kier molecular flexibility index (Phi) is 7.76. The van der Waals surface area contributed by atoms with E-state index in [0.29, 0.717) is 5.92 Å². The topological polar surface area (TPSA) is 43.9 Å². The maximum atomic E-state index is 6.13. The minimum atomic E-state index is 0. The van der Waals surface area contributed by atoms with Gasteiger partial charge in [0, 0.05) is 38.2 Å². The van der Waals surface area contributed by atoms with Gasteiger partial charge in [0.25, 0.3) is 0 Å². The molecule has 1 fully saturated rings. The molecule has 0 unspecified atom stereocenters. The molecule has 0 spiro atoms. The van der Waals surface area contributed by atoms with Gasteiger partial charge >= 0.3 is 0 Å². The summed E-state index contributed by atoms with van der Waals surface area (Å²) in [6.07, 6.45) is 11.6. The molecule has 44 heavy (non-hydrogen) atoms. The van der Waals surface area contributed by atoms with Crippen molar-refractivity contribution in [2.24, 2.45) is 0 Å². The maximum Gasteiger partial charge on any atom is 0.120 e. The van der Waals surface area contributed by atoms with Crippen molar-refractivity contribution in [1.82, 2.24) is 14.5 Å². The smallest absolute Gasteiger partial charge is 0.120 e. The first kappa shape index (κ1) is 28.5. The molecule has 9 rings (SSSR count). The van der Waals surface area contributed by atoms with E-state index >= 15 is 0 Å². The minimum absolute atomic E-state index is 0. The Morgan fingerprint density at radius 1 is 0.886 bits per heavy atom. The van der Waals surface area contributed by atoms with Gasteiger partial charge in [0.05, 0.1) is 22.4 Å². The van der Waals surface area contributed by atoms with E-state index in [0.717, 1.165) is 56.6 Å². The summed E-state index contributed by atoms with van der Waals surface area (Å²) in [5.41, 5.74) is 11.0. The van der Waals surface area contributed by atoms with Gasteiger partial charge in [-0.25, -0.2) is 0 Å². The fourth-order valence-corrected chi connectivity index (χ4v) is 6.75. The van der Waals surface area contributed by atoms with E-state index in [4.69, 9.17) is 9.40 Å². The first-order chi connectivity index (χ1) is 21.2. The second kappa shape index (κ2) is 12.0. The number of furan rings is 1. The van der Waals surface area contributed by atoms with Gasteiger partial charge in [0.1, 0.15) is 5.58 Å². The summed E-state index contributed by atoms with van der Waals surface area (Å²) in [6.45, 7) is 3.00. The van der Waals surface area contributed by atoms with Gasteiger partial charge in [-0.3, -0.25) is 4.98 Å². The number of para-hydroxylation sites is 1. The van der Waals surface area contributed by atoms with Crippen molar-refractivity contribution in [1.29, 1.82) is 0 Å². The number of aryl methyl sites for hydroxylation is 1. The van der Waals surface area contributed by atoms with E-state index in [9.17, 15) is 0 Å². The van der Waals surface area contributed by atoms with Gasteiger partial charge in [0.15, 0.2) is 0 Å². The minimum Gasteiger partial charge on any atom is -0.501 e. The van der Waals surface area contributed by atoms with Crippen LogP contribution in [0.1, 0.15) is 48.3 Å². The molecular formula is C39H31IrN3O-2. The summed E-state index contributed by atoms with van der Waals surface area (Å²) < 4.78 is 8.41. The number of imidazole rings is 1. The van der Waals surface area contributed by atoms with Gasteiger partial charge < -0.3 is 14.0 Å². The molecule has 1 radical (unpaired) electrons. The van der Waals surface area contributed by atoms with Gasteiger partial charge in [0.2, 0.25) is 0 Å². The molecule has 1 aliphatic heterocycles. The summed E-state index contributed by atoms with van der Waals surface area (Å²) in [5, 5.41) is 2.28. The van der Waals surface area contributed by atoms with E-state index in [1.165, 1.54) is 47.9 Å². The molecule has 219 valence electrons. The van der Waals surface area contributed by atoms with Gasteiger partial charge in [-0.05, 0) is 66.8 Å². The third-order valence-electron chi connectivity index (χ3n) is 8.76. The molecular weight excluding hydrogens is 719 g/mol. The van der Waals surface area contributed by atoms with Crippen LogP contribution in [-0.4, -0.2) is 14.5 Å². The molecule has 7 aromatic rings. The molecule has 4 nitrogen and oxygen atoms in total. The zero-order valence-electron chi connectivity index (χ0n) is 24.5. The Hall–Kier alpha value is -4.31. The summed E-state index contributed by atoms with van der Waals surface area (Å²) in [4.78, 5) is 9.42. The summed E-state index contributed by atoms with van der Waals surface area (Å²) in [7, 11) is 0. The number of benzene rings is 4. The Labute approximate surface area is 270 Å². The van der Waals surface area contributed by atoms with Gasteiger partial charge in [-0.1, -0.05) is 65.8 Å². The zero-order valence-corrected chi connectivity index (χ0v) is 26.9. The quantitative estimate of drug-likeness (QED) is 0.169. The van der Waals surface area contributed by atoms with Crippen molar-refractivity contribution in [2.45, 2.75) is 45.1 Å². The van der Waals surface area contributed by atoms with Crippen LogP contribution in [0, 0.1) is 19.1 Å². The first-order valence-electron chi connectivity index (χ1n) is 15.2. The monoisotopic (exact) mass is 750 g/mol. The maximum absolute atomic E-state index is 6.13. The van der Waals surface area contributed by atoms with Crippen molar-refractivity contribution in [3.8, 4) is 22.6 Å². The van der Waals surface area contributed by atoms with Crippen molar-refractivity contribution in [3.63, 3.8) is 0 Å². The Bertz CT molecular complexity index is 2130. The van der Waals surface area contributed by atoms with E-state index in [2.05, 4.69) is 83.2 Å². The first-order valence-corrected chi connectivity index (χ1v) is 15.2. The van der Waals surface area contributed by atoms with Crippen LogP contribution in [0.5, 0.6) is 0 Å². The fraction of sp³-hybridized carbons (Fsp3) is 0.179. The fourth-order valence-electron chi connectivity index (χ4n) is 6.75. The number of fused-ring (bicyclic) bond motifs is 3. The van der Waals surface area contributed by atoms with E-state index < -0.39 is 0 Å². The zero-order chi connectivity index (χ0) is 28.8. The van der Waals surface area contributed by atoms with E-state index in [1.807, 2.05) is 48.7 Å². The predicted octanol–water partition coefficient (Wildman–Crippen LogP) is 9.94. The van der Waals surface area contributed by atoms with Crippen LogP contribution < -0.4 is 0 Å². The van der Waals surface area contributed by atoms with Crippen LogP contribution in [-0.2, 0) is 26.7 Å².